The van der Waals surface area contributed by atoms with Crippen LogP contribution in [0.25, 0.3) is 0 Å². The maximum Gasteiger partial charge on any atom is 1.00 e. The van der Waals surface area contributed by atoms with Crippen molar-refractivity contribution in [3.63, 3.8) is 0 Å². The molecule has 0 radical (unpaired) electrons. The van der Waals surface area contributed by atoms with E-state index in [9.17, 15) is 9.90 Å². The fourth-order valence-electron chi connectivity index (χ4n) is 0.0830. The van der Waals surface area contributed by atoms with Crippen molar-refractivity contribution >= 4 is 6.29 Å². The van der Waals surface area contributed by atoms with Gasteiger partial charge in [-0.1, -0.05) is 0 Å². The summed E-state index contributed by atoms with van der Waals surface area (Å²) in [5.41, 5.74) is 0. The molecule has 0 aliphatic carbocycles. The van der Waals surface area contributed by atoms with Crippen LogP contribution in [0, 0.1) is 0 Å². The maximum atomic E-state index is 9.73. The van der Waals surface area contributed by atoms with Crippen LogP contribution >= 0.6 is 0 Å². The molecule has 8 heavy (non-hydrogen) atoms. The van der Waals surface area contributed by atoms with Crippen LogP contribution in [-0.2, 0) is 21.3 Å². The normalized spacial score (nSPS) is 8.38. The Morgan fingerprint density at radius 3 is 2.12 bits per heavy atom. The second kappa shape index (κ2) is 10.3. The molecule has 0 aromatic heterocycles. The predicted molar refractivity (Wildman–Crippen MR) is 19.5 cm³/mol. The fourth-order valence-corrected chi connectivity index (χ4v) is 0.0830. The summed E-state index contributed by atoms with van der Waals surface area (Å²) >= 11 is 0. The van der Waals surface area contributed by atoms with Crippen molar-refractivity contribution in [1.29, 1.82) is 0 Å². The summed E-state index contributed by atoms with van der Waals surface area (Å²) in [5.74, 6) is -0.259. The Labute approximate surface area is 70.4 Å². The Hall–Kier alpha value is 0.301. The number of allylic oxidation sites excluding steroid dienone is 2. The van der Waals surface area contributed by atoms with Crippen LogP contribution < -0.4 is 24.0 Å². The molecule has 0 unspecified atom stereocenters. The van der Waals surface area contributed by atoms with Gasteiger partial charge in [0.1, 0.15) is 0 Å². The first-order chi connectivity index (χ1) is 2.77. The fraction of sp³-hybridized carbons (Fsp3) is 0.250. The van der Waals surface area contributed by atoms with Gasteiger partial charge in [-0.25, -0.2) is 6.08 Å². The van der Waals surface area contributed by atoms with Crippen molar-refractivity contribution in [2.45, 2.75) is 6.92 Å². The van der Waals surface area contributed by atoms with E-state index < -0.39 is 0 Å². The Bertz CT molecular complexity index is 78.1. The van der Waals surface area contributed by atoms with E-state index >= 15 is 0 Å². The molecule has 44 valence electrons. The smallest absolute Gasteiger partial charge is 0.957 e. The molecule has 0 aromatic rings. The maximum absolute atomic E-state index is 9.73. The number of hydrogen-bond donors (Lipinski definition) is 0. The Kier molecular flexibility index (Phi) is 20.3. The van der Waals surface area contributed by atoms with Crippen molar-refractivity contribution in [3.8, 4) is 0 Å². The molecule has 0 aliphatic rings. The molecule has 2 nitrogen and oxygen atoms in total. The average Bonchev–Trinajstić information content (AvgIpc) is 1.35. The van der Waals surface area contributed by atoms with Gasteiger partial charge >= 0.3 is 18.9 Å². The largest absolute Gasteiger partial charge is 1.00 e. The van der Waals surface area contributed by atoms with Crippen LogP contribution in [0.2, 0.25) is 0 Å². The minimum absolute atomic E-state index is 0. The number of rotatable bonds is 1. The van der Waals surface area contributed by atoms with E-state index in [2.05, 4.69) is 0 Å². The standard InChI is InChI=1S/C4H5O2.Li.Ni/c1-4(6)2-3-5;;/h2,6H,1H3;;/q-1;+1;/p-1/b4-2-;;. The summed E-state index contributed by atoms with van der Waals surface area (Å²) in [4.78, 5) is 9.21. The monoisotopic (exact) mass is 149 g/mol. The second-order valence-corrected chi connectivity index (χ2v) is 0.873. The molecule has 0 heterocycles. The first kappa shape index (κ1) is 15.7. The third-order valence-electron chi connectivity index (χ3n) is 0.262. The third-order valence-corrected chi connectivity index (χ3v) is 0.262. The molecule has 0 fully saturated rings. The molecule has 0 aliphatic heterocycles. The summed E-state index contributed by atoms with van der Waals surface area (Å²) in [6.45, 7) is 1.30. The summed E-state index contributed by atoms with van der Waals surface area (Å²) < 4.78 is 0. The van der Waals surface area contributed by atoms with E-state index in [1.165, 1.54) is 13.2 Å². The van der Waals surface area contributed by atoms with E-state index in [4.69, 9.17) is 0 Å². The topological polar surface area (TPSA) is 40.1 Å². The van der Waals surface area contributed by atoms with E-state index in [1.54, 1.807) is 0 Å². The minimum Gasteiger partial charge on any atom is -0.957 e. The predicted octanol–water partition coefficient (Wildman–Crippen LogP) is -3.64. The average molecular weight is 150 g/mol. The van der Waals surface area contributed by atoms with Gasteiger partial charge in [-0.05, 0) is 6.29 Å². The first-order valence-electron chi connectivity index (χ1n) is 1.49. The molecule has 0 saturated carbocycles. The SMILES string of the molecule is C/C([O-])=C/[C-]=O.[Li+].[Ni]. The number of carbonyl (C=O) groups excluding carboxylic acids is 1. The van der Waals surface area contributed by atoms with Gasteiger partial charge in [-0.3, -0.25) is 0 Å². The van der Waals surface area contributed by atoms with E-state index in [0.717, 1.165) is 6.08 Å². The summed E-state index contributed by atoms with van der Waals surface area (Å²) in [6.07, 6.45) is 2.19. The quantitative estimate of drug-likeness (QED) is 0.167. The van der Waals surface area contributed by atoms with Crippen molar-refractivity contribution in [3.05, 3.63) is 11.8 Å². The summed E-state index contributed by atoms with van der Waals surface area (Å²) in [6, 6.07) is 0. The first-order valence-corrected chi connectivity index (χ1v) is 1.49. The molecular formula is C4H4LiNiO2-. The van der Waals surface area contributed by atoms with Gasteiger partial charge in [0.25, 0.3) is 0 Å². The van der Waals surface area contributed by atoms with Crippen molar-refractivity contribution in [2.75, 3.05) is 0 Å². The van der Waals surface area contributed by atoms with Gasteiger partial charge in [0, 0.05) is 16.5 Å². The molecule has 0 rings (SSSR count). The Morgan fingerprint density at radius 1 is 1.75 bits per heavy atom. The zero-order valence-electron chi connectivity index (χ0n) is 4.71. The van der Waals surface area contributed by atoms with Gasteiger partial charge in [0.2, 0.25) is 0 Å². The van der Waals surface area contributed by atoms with E-state index in [1.807, 2.05) is 0 Å². The van der Waals surface area contributed by atoms with E-state index in [-0.39, 0.29) is 41.1 Å². The van der Waals surface area contributed by atoms with Crippen LogP contribution in [0.1, 0.15) is 6.92 Å². The molecule has 0 atom stereocenters. The molecule has 0 spiro atoms. The van der Waals surface area contributed by atoms with Crippen LogP contribution in [-0.4, -0.2) is 6.29 Å². The second-order valence-electron chi connectivity index (χ2n) is 0.873. The molecule has 0 aromatic carbocycles. The van der Waals surface area contributed by atoms with Crippen LogP contribution in [0.15, 0.2) is 11.8 Å². The van der Waals surface area contributed by atoms with Crippen LogP contribution in [0.4, 0.5) is 0 Å². The van der Waals surface area contributed by atoms with Crippen molar-refractivity contribution in [1.82, 2.24) is 0 Å². The van der Waals surface area contributed by atoms with Gasteiger partial charge in [0.05, 0.1) is 0 Å². The number of hydrogen-bond acceptors (Lipinski definition) is 2. The molecule has 0 N–H and O–H groups in total. The third kappa shape index (κ3) is 16.2. The molecule has 0 bridgehead atoms. The van der Waals surface area contributed by atoms with Gasteiger partial charge in [-0.15, -0.1) is 6.92 Å². The van der Waals surface area contributed by atoms with Crippen molar-refractivity contribution < 1.29 is 45.3 Å². The van der Waals surface area contributed by atoms with Crippen LogP contribution in [0.3, 0.4) is 0 Å². The van der Waals surface area contributed by atoms with Crippen molar-refractivity contribution in [2.24, 2.45) is 0 Å². The molecule has 4 heteroatoms. The molecule has 0 saturated heterocycles. The van der Waals surface area contributed by atoms with Gasteiger partial charge in [-0.2, -0.15) is 0 Å². The molecular weight excluding hydrogens is 146 g/mol. The summed E-state index contributed by atoms with van der Waals surface area (Å²) in [5, 5.41) is 9.73. The Balaban J connectivity index is -0.000000125. The van der Waals surface area contributed by atoms with Gasteiger partial charge in [0.15, 0.2) is 0 Å². The minimum atomic E-state index is -0.259. The zero-order valence-corrected chi connectivity index (χ0v) is 5.70. The summed E-state index contributed by atoms with van der Waals surface area (Å²) in [7, 11) is 0. The zero-order chi connectivity index (χ0) is 4.99. The van der Waals surface area contributed by atoms with Crippen LogP contribution in [0.5, 0.6) is 0 Å². The van der Waals surface area contributed by atoms with Gasteiger partial charge < -0.3 is 15.7 Å². The Morgan fingerprint density at radius 2 is 2.12 bits per heavy atom. The molecule has 0 amide bonds. The van der Waals surface area contributed by atoms with E-state index in [0.29, 0.717) is 0 Å².